The van der Waals surface area contributed by atoms with Gasteiger partial charge >= 0.3 is 0 Å². The predicted molar refractivity (Wildman–Crippen MR) is 71.7 cm³/mol. The number of rotatable bonds is 3. The van der Waals surface area contributed by atoms with Crippen LogP contribution in [0.15, 0.2) is 24.3 Å². The van der Waals surface area contributed by atoms with Crippen molar-refractivity contribution < 1.29 is 9.53 Å². The van der Waals surface area contributed by atoms with Gasteiger partial charge in [-0.15, -0.1) is 0 Å². The van der Waals surface area contributed by atoms with Gasteiger partial charge in [0.15, 0.2) is 0 Å². The molecule has 1 aliphatic heterocycles. The van der Waals surface area contributed by atoms with Gasteiger partial charge in [-0.2, -0.15) is 0 Å². The van der Waals surface area contributed by atoms with Crippen LogP contribution in [0.1, 0.15) is 25.8 Å². The van der Waals surface area contributed by atoms with Crippen molar-refractivity contribution in [2.24, 2.45) is 0 Å². The summed E-state index contributed by atoms with van der Waals surface area (Å²) in [7, 11) is 0. The number of hydrogen-bond acceptors (Lipinski definition) is 2. The van der Waals surface area contributed by atoms with Crippen LogP contribution in [0.4, 0.5) is 0 Å². The molecule has 3 nitrogen and oxygen atoms in total. The standard InChI is InChI=1S/C14H18ClNO2/c1-10-14(2,7-8-18-10)16-13(17)9-11-5-3-4-6-12(11)15/h3-6,10H,7-9H2,1-2H3,(H,16,17)/t10-,14-/m1/s1. The van der Waals surface area contributed by atoms with Crippen LogP contribution >= 0.6 is 11.6 Å². The van der Waals surface area contributed by atoms with E-state index in [9.17, 15) is 4.79 Å². The summed E-state index contributed by atoms with van der Waals surface area (Å²) >= 11 is 6.04. The maximum Gasteiger partial charge on any atom is 0.224 e. The molecule has 98 valence electrons. The quantitative estimate of drug-likeness (QED) is 0.914. The van der Waals surface area contributed by atoms with Gasteiger partial charge < -0.3 is 10.1 Å². The van der Waals surface area contributed by atoms with Crippen LogP contribution in [-0.4, -0.2) is 24.2 Å². The van der Waals surface area contributed by atoms with Crippen molar-refractivity contribution in [3.8, 4) is 0 Å². The lowest BCUT2D eigenvalue weighted by Gasteiger charge is -2.29. The minimum atomic E-state index is -0.266. The number of benzene rings is 1. The number of nitrogens with one attached hydrogen (secondary N) is 1. The zero-order valence-electron chi connectivity index (χ0n) is 10.7. The minimum Gasteiger partial charge on any atom is -0.376 e. The normalized spacial score (nSPS) is 27.2. The molecule has 0 unspecified atom stereocenters. The van der Waals surface area contributed by atoms with E-state index in [1.165, 1.54) is 0 Å². The van der Waals surface area contributed by atoms with E-state index in [1.807, 2.05) is 32.0 Å². The zero-order valence-corrected chi connectivity index (χ0v) is 11.5. The van der Waals surface area contributed by atoms with Crippen molar-refractivity contribution in [1.29, 1.82) is 0 Å². The Kier molecular flexibility index (Phi) is 3.93. The summed E-state index contributed by atoms with van der Waals surface area (Å²) in [5.74, 6) is -0.0112. The molecular formula is C14H18ClNO2. The Morgan fingerprint density at radius 1 is 1.56 bits per heavy atom. The first kappa shape index (κ1) is 13.4. The fourth-order valence-corrected chi connectivity index (χ4v) is 2.38. The smallest absolute Gasteiger partial charge is 0.224 e. The second-order valence-electron chi connectivity index (χ2n) is 5.00. The molecule has 1 aromatic rings. The lowest BCUT2D eigenvalue weighted by atomic mass is 9.94. The largest absolute Gasteiger partial charge is 0.376 e. The molecule has 0 spiro atoms. The third-order valence-electron chi connectivity index (χ3n) is 3.62. The summed E-state index contributed by atoms with van der Waals surface area (Å²) in [6.45, 7) is 4.71. The Morgan fingerprint density at radius 3 is 2.89 bits per heavy atom. The Labute approximate surface area is 112 Å². The van der Waals surface area contributed by atoms with Crippen LogP contribution in [0.3, 0.4) is 0 Å². The molecule has 1 fully saturated rings. The van der Waals surface area contributed by atoms with Crippen LogP contribution in [0, 0.1) is 0 Å². The summed E-state index contributed by atoms with van der Waals surface area (Å²) in [6, 6.07) is 7.42. The first-order valence-electron chi connectivity index (χ1n) is 6.17. The van der Waals surface area contributed by atoms with Crippen molar-refractivity contribution in [1.82, 2.24) is 5.32 Å². The third kappa shape index (κ3) is 2.85. The fourth-order valence-electron chi connectivity index (χ4n) is 2.18. The number of amides is 1. The van der Waals surface area contributed by atoms with E-state index >= 15 is 0 Å². The Morgan fingerprint density at radius 2 is 2.28 bits per heavy atom. The molecule has 1 N–H and O–H groups in total. The van der Waals surface area contributed by atoms with Gasteiger partial charge in [0, 0.05) is 11.6 Å². The van der Waals surface area contributed by atoms with Gasteiger partial charge in [0.25, 0.3) is 0 Å². The summed E-state index contributed by atoms with van der Waals surface area (Å²) in [5.41, 5.74) is 0.588. The fraction of sp³-hybridized carbons (Fsp3) is 0.500. The molecule has 1 heterocycles. The van der Waals surface area contributed by atoms with Gasteiger partial charge in [0.2, 0.25) is 5.91 Å². The first-order chi connectivity index (χ1) is 8.51. The zero-order chi connectivity index (χ0) is 13.2. The molecule has 4 heteroatoms. The Bertz CT molecular complexity index is 449. The molecule has 2 rings (SSSR count). The SMILES string of the molecule is C[C@H]1OCC[C@@]1(C)NC(=O)Cc1ccccc1Cl. The Hall–Kier alpha value is -1.06. The van der Waals surface area contributed by atoms with Crippen molar-refractivity contribution >= 4 is 17.5 Å². The minimum absolute atomic E-state index is 0.0112. The number of carbonyl (C=O) groups is 1. The molecule has 0 radical (unpaired) electrons. The maximum absolute atomic E-state index is 12.0. The number of ether oxygens (including phenoxy) is 1. The van der Waals surface area contributed by atoms with E-state index < -0.39 is 0 Å². The lowest BCUT2D eigenvalue weighted by molar-refractivity contribution is -0.122. The molecule has 1 aliphatic rings. The number of hydrogen-bond donors (Lipinski definition) is 1. The van der Waals surface area contributed by atoms with Crippen molar-refractivity contribution in [2.45, 2.75) is 38.3 Å². The molecule has 2 atom stereocenters. The first-order valence-corrected chi connectivity index (χ1v) is 6.55. The van der Waals surface area contributed by atoms with E-state index in [0.29, 0.717) is 18.1 Å². The van der Waals surface area contributed by atoms with Crippen molar-refractivity contribution in [3.05, 3.63) is 34.9 Å². The lowest BCUT2D eigenvalue weighted by Crippen LogP contribution is -2.51. The topological polar surface area (TPSA) is 38.3 Å². The summed E-state index contributed by atoms with van der Waals surface area (Å²) < 4.78 is 5.50. The molecule has 1 saturated heterocycles. The van der Waals surface area contributed by atoms with Crippen LogP contribution in [-0.2, 0) is 16.0 Å². The van der Waals surface area contributed by atoms with Gasteiger partial charge in [0.1, 0.15) is 0 Å². The summed E-state index contributed by atoms with van der Waals surface area (Å²) in [6.07, 6.45) is 1.21. The highest BCUT2D eigenvalue weighted by atomic mass is 35.5. The monoisotopic (exact) mass is 267 g/mol. The average Bonchev–Trinajstić information content (AvgIpc) is 2.62. The van der Waals surface area contributed by atoms with Crippen LogP contribution < -0.4 is 5.32 Å². The number of halogens is 1. The van der Waals surface area contributed by atoms with Gasteiger partial charge in [-0.05, 0) is 31.9 Å². The van der Waals surface area contributed by atoms with Gasteiger partial charge in [0.05, 0.1) is 18.1 Å². The Balaban J connectivity index is 1.99. The molecule has 1 amide bonds. The van der Waals surface area contributed by atoms with Gasteiger partial charge in [-0.3, -0.25) is 4.79 Å². The second-order valence-corrected chi connectivity index (χ2v) is 5.40. The van der Waals surface area contributed by atoms with Crippen LogP contribution in [0.5, 0.6) is 0 Å². The highest BCUT2D eigenvalue weighted by Gasteiger charge is 2.38. The van der Waals surface area contributed by atoms with Crippen molar-refractivity contribution in [3.63, 3.8) is 0 Å². The molecule has 0 saturated carbocycles. The van der Waals surface area contributed by atoms with Gasteiger partial charge in [-0.1, -0.05) is 29.8 Å². The number of carbonyl (C=O) groups excluding carboxylic acids is 1. The second kappa shape index (κ2) is 5.29. The maximum atomic E-state index is 12.0. The van der Waals surface area contributed by atoms with Gasteiger partial charge in [-0.25, -0.2) is 0 Å². The molecule has 18 heavy (non-hydrogen) atoms. The van der Waals surface area contributed by atoms with E-state index in [4.69, 9.17) is 16.3 Å². The molecular weight excluding hydrogens is 250 g/mol. The highest BCUT2D eigenvalue weighted by molar-refractivity contribution is 6.31. The van der Waals surface area contributed by atoms with Crippen LogP contribution in [0.25, 0.3) is 0 Å². The van der Waals surface area contributed by atoms with E-state index in [2.05, 4.69) is 5.32 Å². The highest BCUT2D eigenvalue weighted by Crippen LogP contribution is 2.25. The van der Waals surface area contributed by atoms with E-state index in [0.717, 1.165) is 12.0 Å². The predicted octanol–water partition coefficient (Wildman–Crippen LogP) is 2.57. The van der Waals surface area contributed by atoms with E-state index in [1.54, 1.807) is 6.07 Å². The third-order valence-corrected chi connectivity index (χ3v) is 3.99. The molecule has 0 bridgehead atoms. The summed E-state index contributed by atoms with van der Waals surface area (Å²) in [5, 5.41) is 3.69. The summed E-state index contributed by atoms with van der Waals surface area (Å²) in [4.78, 5) is 12.0. The van der Waals surface area contributed by atoms with Crippen molar-refractivity contribution in [2.75, 3.05) is 6.61 Å². The van der Waals surface area contributed by atoms with Crippen LogP contribution in [0.2, 0.25) is 5.02 Å². The molecule has 0 aliphatic carbocycles. The molecule has 1 aromatic carbocycles. The average molecular weight is 268 g/mol. The molecule has 0 aromatic heterocycles. The van der Waals surface area contributed by atoms with E-state index in [-0.39, 0.29) is 17.6 Å².